The highest BCUT2D eigenvalue weighted by Crippen LogP contribution is 2.24. The van der Waals surface area contributed by atoms with Crippen LogP contribution >= 0.6 is 23.1 Å². The number of aromatic nitrogens is 1. The minimum Gasteiger partial charge on any atom is -0.461 e. The molecule has 1 aromatic rings. The van der Waals surface area contributed by atoms with Crippen LogP contribution in [-0.4, -0.2) is 41.4 Å². The van der Waals surface area contributed by atoms with Crippen molar-refractivity contribution in [2.75, 3.05) is 24.7 Å². The van der Waals surface area contributed by atoms with E-state index in [9.17, 15) is 9.59 Å². The molecule has 1 atom stereocenters. The zero-order valence-corrected chi connectivity index (χ0v) is 13.1. The fraction of sp³-hybridized carbons (Fsp3) is 0.583. The molecule has 0 saturated heterocycles. The third kappa shape index (κ3) is 4.50. The van der Waals surface area contributed by atoms with E-state index in [2.05, 4.69) is 17.2 Å². The van der Waals surface area contributed by atoms with Gasteiger partial charge < -0.3 is 10.1 Å². The van der Waals surface area contributed by atoms with Crippen LogP contribution in [0.3, 0.4) is 0 Å². The van der Waals surface area contributed by atoms with Gasteiger partial charge in [-0.3, -0.25) is 4.79 Å². The van der Waals surface area contributed by atoms with Gasteiger partial charge >= 0.3 is 5.97 Å². The summed E-state index contributed by atoms with van der Waals surface area (Å²) in [5, 5.41) is 4.14. The van der Waals surface area contributed by atoms with Crippen LogP contribution in [0, 0.1) is 0 Å². The molecule has 0 bridgehead atoms. The molecule has 0 amide bonds. The summed E-state index contributed by atoms with van der Waals surface area (Å²) in [6.45, 7) is 6.22. The number of Topliss-reactive ketones (excluding diaryl/α,β-unsaturated/α-hetero) is 1. The number of thioether (sulfide) groups is 1. The van der Waals surface area contributed by atoms with E-state index < -0.39 is 5.97 Å². The molecular formula is C12H18N2O3S2. The molecule has 0 fully saturated rings. The summed E-state index contributed by atoms with van der Waals surface area (Å²) in [6, 6.07) is 0. The summed E-state index contributed by atoms with van der Waals surface area (Å²) >= 11 is 2.92. The maximum Gasteiger partial charge on any atom is 0.358 e. The number of carbonyl (C=O) groups is 2. The van der Waals surface area contributed by atoms with Gasteiger partial charge in [0, 0.05) is 18.7 Å². The Labute approximate surface area is 121 Å². The zero-order valence-electron chi connectivity index (χ0n) is 11.5. The predicted molar refractivity (Wildman–Crippen MR) is 79.5 cm³/mol. The maximum atomic E-state index is 11.7. The first-order chi connectivity index (χ1) is 8.99. The second-order valence-electron chi connectivity index (χ2n) is 3.90. The molecule has 0 spiro atoms. The molecule has 0 saturated carbocycles. The Kier molecular flexibility index (Phi) is 6.30. The molecule has 7 heteroatoms. The van der Waals surface area contributed by atoms with E-state index in [4.69, 9.17) is 4.74 Å². The van der Waals surface area contributed by atoms with E-state index in [-0.39, 0.29) is 18.1 Å². The van der Waals surface area contributed by atoms with Gasteiger partial charge in [-0.15, -0.1) is 0 Å². The lowest BCUT2D eigenvalue weighted by Crippen LogP contribution is -2.13. The van der Waals surface area contributed by atoms with E-state index >= 15 is 0 Å². The highest BCUT2D eigenvalue weighted by Gasteiger charge is 2.22. The van der Waals surface area contributed by atoms with Gasteiger partial charge in [0.05, 0.1) is 6.61 Å². The Morgan fingerprint density at radius 3 is 2.74 bits per heavy atom. The van der Waals surface area contributed by atoms with Crippen molar-refractivity contribution in [3.63, 3.8) is 0 Å². The van der Waals surface area contributed by atoms with Crippen molar-refractivity contribution in [2.45, 2.75) is 26.0 Å². The van der Waals surface area contributed by atoms with Crippen molar-refractivity contribution in [2.24, 2.45) is 0 Å². The van der Waals surface area contributed by atoms with Crippen molar-refractivity contribution in [1.29, 1.82) is 0 Å². The summed E-state index contributed by atoms with van der Waals surface area (Å²) < 4.78 is 4.90. The van der Waals surface area contributed by atoms with Gasteiger partial charge in [0.25, 0.3) is 0 Å². The van der Waals surface area contributed by atoms with Gasteiger partial charge in [-0.25, -0.2) is 9.78 Å². The number of ether oxygens (including phenoxy) is 1. The number of nitrogens with zero attached hydrogens (tertiary/aromatic N) is 1. The third-order valence-electron chi connectivity index (χ3n) is 2.36. The van der Waals surface area contributed by atoms with Crippen molar-refractivity contribution in [3.8, 4) is 0 Å². The first-order valence-electron chi connectivity index (χ1n) is 5.95. The third-order valence-corrected chi connectivity index (χ3v) is 4.44. The second-order valence-corrected chi connectivity index (χ2v) is 6.18. The minimum absolute atomic E-state index is 0.110. The molecule has 0 radical (unpaired) electrons. The molecule has 0 aliphatic rings. The largest absolute Gasteiger partial charge is 0.461 e. The van der Waals surface area contributed by atoms with Gasteiger partial charge in [-0.05, 0) is 13.2 Å². The van der Waals surface area contributed by atoms with Gasteiger partial charge in [0.15, 0.2) is 16.6 Å². The number of hydrogen-bond acceptors (Lipinski definition) is 7. The Bertz CT molecular complexity index is 460. The lowest BCUT2D eigenvalue weighted by molar-refractivity contribution is 0.0517. The van der Waals surface area contributed by atoms with Gasteiger partial charge in [0.2, 0.25) is 0 Å². The van der Waals surface area contributed by atoms with Crippen LogP contribution in [0.25, 0.3) is 0 Å². The second kappa shape index (κ2) is 7.49. The van der Waals surface area contributed by atoms with Gasteiger partial charge in [0.1, 0.15) is 4.88 Å². The lowest BCUT2D eigenvalue weighted by atomic mass is 10.3. The smallest absolute Gasteiger partial charge is 0.358 e. The van der Waals surface area contributed by atoms with Crippen LogP contribution in [0.5, 0.6) is 0 Å². The summed E-state index contributed by atoms with van der Waals surface area (Å²) in [6.07, 6.45) is 2.03. The van der Waals surface area contributed by atoms with Crippen LogP contribution in [-0.2, 0) is 4.74 Å². The molecule has 1 aromatic heterocycles. The first-order valence-corrected chi connectivity index (χ1v) is 8.05. The summed E-state index contributed by atoms with van der Waals surface area (Å²) in [7, 11) is 0. The molecule has 1 unspecified atom stereocenters. The molecule has 1 heterocycles. The standard InChI is InChI=1S/C12H18N2O3S2/c1-5-17-11(16)9-10(8(3)15)19-12(14-9)13-6-7(2)18-4/h7H,5-6H2,1-4H3,(H,13,14). The molecule has 5 nitrogen and oxygen atoms in total. The summed E-state index contributed by atoms with van der Waals surface area (Å²) in [5.41, 5.74) is 0.110. The number of anilines is 1. The van der Waals surface area contributed by atoms with E-state index in [1.165, 1.54) is 18.3 Å². The fourth-order valence-electron chi connectivity index (χ4n) is 1.29. The molecule has 1 N–H and O–H groups in total. The molecule has 0 aliphatic carbocycles. The van der Waals surface area contributed by atoms with Crippen molar-refractivity contribution < 1.29 is 14.3 Å². The molecule has 106 valence electrons. The highest BCUT2D eigenvalue weighted by atomic mass is 32.2. The first kappa shape index (κ1) is 16.0. The quantitative estimate of drug-likeness (QED) is 0.617. The van der Waals surface area contributed by atoms with Crippen LogP contribution < -0.4 is 5.32 Å². The zero-order chi connectivity index (χ0) is 14.4. The average molecular weight is 302 g/mol. The minimum atomic E-state index is -0.546. The van der Waals surface area contributed by atoms with Crippen LogP contribution in [0.2, 0.25) is 0 Å². The van der Waals surface area contributed by atoms with E-state index in [1.807, 2.05) is 6.26 Å². The number of hydrogen-bond donors (Lipinski definition) is 1. The van der Waals surface area contributed by atoms with Crippen molar-refractivity contribution in [3.05, 3.63) is 10.6 Å². The number of thiazole rings is 1. The van der Waals surface area contributed by atoms with Crippen molar-refractivity contribution >= 4 is 40.0 Å². The Morgan fingerprint density at radius 1 is 1.53 bits per heavy atom. The number of carbonyl (C=O) groups excluding carboxylic acids is 2. The van der Waals surface area contributed by atoms with Crippen molar-refractivity contribution in [1.82, 2.24) is 4.98 Å². The van der Waals surface area contributed by atoms with Crippen LogP contribution in [0.15, 0.2) is 0 Å². The van der Waals surface area contributed by atoms with E-state index in [0.29, 0.717) is 15.3 Å². The Hall–Kier alpha value is -1.08. The normalized spacial score (nSPS) is 12.0. The topological polar surface area (TPSA) is 68.3 Å². The van der Waals surface area contributed by atoms with Gasteiger partial charge in [-0.2, -0.15) is 11.8 Å². The summed E-state index contributed by atoms with van der Waals surface area (Å²) in [4.78, 5) is 27.7. The van der Waals surface area contributed by atoms with Gasteiger partial charge in [-0.1, -0.05) is 18.3 Å². The Balaban J connectivity index is 2.88. The SMILES string of the molecule is CCOC(=O)c1nc(NCC(C)SC)sc1C(C)=O. The van der Waals surface area contributed by atoms with Crippen LogP contribution in [0.1, 0.15) is 40.9 Å². The molecule has 0 aliphatic heterocycles. The predicted octanol–water partition coefficient (Wildman–Crippen LogP) is 2.69. The lowest BCUT2D eigenvalue weighted by Gasteiger charge is -2.07. The maximum absolute atomic E-state index is 11.7. The van der Waals surface area contributed by atoms with E-state index in [0.717, 1.165) is 6.54 Å². The van der Waals surface area contributed by atoms with Crippen LogP contribution in [0.4, 0.5) is 5.13 Å². The molecule has 1 rings (SSSR count). The average Bonchev–Trinajstić information content (AvgIpc) is 2.80. The molecular weight excluding hydrogens is 284 g/mol. The number of esters is 1. The molecule has 19 heavy (non-hydrogen) atoms. The Morgan fingerprint density at radius 2 is 2.21 bits per heavy atom. The monoisotopic (exact) mass is 302 g/mol. The fourth-order valence-corrected chi connectivity index (χ4v) is 2.39. The highest BCUT2D eigenvalue weighted by molar-refractivity contribution is 7.99. The van der Waals surface area contributed by atoms with E-state index in [1.54, 1.807) is 18.7 Å². The summed E-state index contributed by atoms with van der Waals surface area (Å²) in [5.74, 6) is -0.721. The number of rotatable bonds is 7. The molecule has 0 aromatic carbocycles. The number of ketones is 1. The number of nitrogens with one attached hydrogen (secondary N) is 1.